The third-order valence-corrected chi connectivity index (χ3v) is 1.85. The van der Waals surface area contributed by atoms with Crippen molar-refractivity contribution in [3.05, 3.63) is 29.8 Å². The van der Waals surface area contributed by atoms with Crippen molar-refractivity contribution in [2.24, 2.45) is 5.10 Å². The monoisotopic (exact) mass is 221 g/mol. The molecule has 1 aromatic rings. The minimum absolute atomic E-state index is 0.502. The van der Waals surface area contributed by atoms with Gasteiger partial charge in [-0.05, 0) is 50.7 Å². The smallest absolute Gasteiger partial charge is 0.191 e. The van der Waals surface area contributed by atoms with Gasteiger partial charge in [0.25, 0.3) is 0 Å². The highest BCUT2D eigenvalue weighted by Crippen LogP contribution is 2.08. The number of nitrogens with zero attached hydrogens (tertiary/aromatic N) is 1. The fraction of sp³-hybridized carbons (Fsp3) is 0.273. The van der Waals surface area contributed by atoms with Crippen LogP contribution in [-0.2, 0) is 0 Å². The van der Waals surface area contributed by atoms with E-state index in [1.807, 2.05) is 45.0 Å². The summed E-state index contributed by atoms with van der Waals surface area (Å²) in [7, 11) is 0. The summed E-state index contributed by atoms with van der Waals surface area (Å²) in [5, 5.41) is 7.56. The number of nitrogens with one attached hydrogen (secondary N) is 2. The van der Waals surface area contributed by atoms with E-state index >= 15 is 0 Å². The van der Waals surface area contributed by atoms with Gasteiger partial charge in [0.2, 0.25) is 0 Å². The van der Waals surface area contributed by atoms with E-state index in [9.17, 15) is 0 Å². The second-order valence-electron chi connectivity index (χ2n) is 3.49. The molecule has 3 nitrogen and oxygen atoms in total. The Morgan fingerprint density at radius 3 is 2.67 bits per heavy atom. The Labute approximate surface area is 95.6 Å². The molecule has 0 unspecified atom stereocenters. The first kappa shape index (κ1) is 11.7. The maximum Gasteiger partial charge on any atom is 0.191 e. The molecule has 0 bridgehead atoms. The van der Waals surface area contributed by atoms with Crippen LogP contribution < -0.4 is 10.7 Å². The summed E-state index contributed by atoms with van der Waals surface area (Å²) in [5.74, 6) is 0. The summed E-state index contributed by atoms with van der Waals surface area (Å²) in [4.78, 5) is 0. The minimum atomic E-state index is 0.502. The zero-order valence-corrected chi connectivity index (χ0v) is 9.98. The van der Waals surface area contributed by atoms with Gasteiger partial charge in [-0.1, -0.05) is 12.1 Å². The van der Waals surface area contributed by atoms with Gasteiger partial charge in [-0.15, -0.1) is 0 Å². The van der Waals surface area contributed by atoms with Crippen LogP contribution in [-0.4, -0.2) is 10.8 Å². The first-order valence-electron chi connectivity index (χ1n) is 4.72. The third-order valence-electron chi connectivity index (χ3n) is 1.66. The molecule has 0 saturated carbocycles. The molecule has 0 aromatic heterocycles. The lowest BCUT2D eigenvalue weighted by atomic mass is 10.2. The summed E-state index contributed by atoms with van der Waals surface area (Å²) < 4.78 is 0. The van der Waals surface area contributed by atoms with Crippen molar-refractivity contribution in [1.82, 2.24) is 5.43 Å². The fourth-order valence-electron chi connectivity index (χ4n) is 1.04. The van der Waals surface area contributed by atoms with Crippen molar-refractivity contribution in [3.8, 4) is 0 Å². The van der Waals surface area contributed by atoms with Crippen molar-refractivity contribution < 1.29 is 0 Å². The van der Waals surface area contributed by atoms with Crippen LogP contribution in [0.15, 0.2) is 29.4 Å². The molecule has 0 aliphatic carbocycles. The van der Waals surface area contributed by atoms with Gasteiger partial charge in [0.15, 0.2) is 5.11 Å². The summed E-state index contributed by atoms with van der Waals surface area (Å²) in [6.07, 6.45) is 0. The minimum Gasteiger partial charge on any atom is -0.331 e. The Kier molecular flexibility index (Phi) is 4.24. The molecule has 0 aliphatic heterocycles. The first-order valence-corrected chi connectivity index (χ1v) is 5.13. The number of aryl methyl sites for hydroxylation is 1. The SMILES string of the molecule is CC(C)=NNC(=S)Nc1cccc(C)c1. The molecule has 0 aliphatic rings. The standard InChI is InChI=1S/C11H15N3S/c1-8(2)13-14-11(15)12-10-6-4-5-9(3)7-10/h4-7H,1-3H3,(H2,12,14,15). The molecule has 0 spiro atoms. The van der Waals surface area contributed by atoms with E-state index in [4.69, 9.17) is 12.2 Å². The Morgan fingerprint density at radius 2 is 2.07 bits per heavy atom. The number of anilines is 1. The molecule has 80 valence electrons. The third kappa shape index (κ3) is 4.56. The van der Waals surface area contributed by atoms with Crippen LogP contribution in [0.1, 0.15) is 19.4 Å². The van der Waals surface area contributed by atoms with E-state index in [1.54, 1.807) is 0 Å². The predicted molar refractivity (Wildman–Crippen MR) is 69.3 cm³/mol. The average Bonchev–Trinajstić information content (AvgIpc) is 2.15. The van der Waals surface area contributed by atoms with Crippen LogP contribution >= 0.6 is 12.2 Å². The normalized spacial score (nSPS) is 9.27. The Morgan fingerprint density at radius 1 is 1.33 bits per heavy atom. The zero-order valence-electron chi connectivity index (χ0n) is 9.16. The average molecular weight is 221 g/mol. The largest absolute Gasteiger partial charge is 0.331 e. The van der Waals surface area contributed by atoms with Gasteiger partial charge in [-0.25, -0.2) is 0 Å². The number of thiocarbonyl (C=S) groups is 1. The highest BCUT2D eigenvalue weighted by Gasteiger charge is 1.95. The van der Waals surface area contributed by atoms with Crippen LogP contribution in [0.5, 0.6) is 0 Å². The number of rotatable bonds is 2. The van der Waals surface area contributed by atoms with Crippen molar-refractivity contribution >= 4 is 28.7 Å². The van der Waals surface area contributed by atoms with E-state index in [1.165, 1.54) is 5.56 Å². The molecule has 0 fully saturated rings. The quantitative estimate of drug-likeness (QED) is 0.458. The molecule has 1 rings (SSSR count). The lowest BCUT2D eigenvalue weighted by Crippen LogP contribution is -2.24. The van der Waals surface area contributed by atoms with Gasteiger partial charge in [0.05, 0.1) is 0 Å². The molecule has 0 radical (unpaired) electrons. The van der Waals surface area contributed by atoms with E-state index in [-0.39, 0.29) is 0 Å². The molecule has 1 aromatic carbocycles. The highest BCUT2D eigenvalue weighted by atomic mass is 32.1. The molecule has 0 atom stereocenters. The lowest BCUT2D eigenvalue weighted by molar-refractivity contribution is 1.03. The van der Waals surface area contributed by atoms with Gasteiger partial charge in [0, 0.05) is 11.4 Å². The molecule has 4 heteroatoms. The second-order valence-corrected chi connectivity index (χ2v) is 3.90. The van der Waals surface area contributed by atoms with E-state index < -0.39 is 0 Å². The van der Waals surface area contributed by atoms with Gasteiger partial charge in [-0.3, -0.25) is 5.43 Å². The second kappa shape index (κ2) is 5.46. The Bertz CT molecular complexity index is 381. The van der Waals surface area contributed by atoms with Crippen LogP contribution in [0.3, 0.4) is 0 Å². The van der Waals surface area contributed by atoms with Gasteiger partial charge < -0.3 is 5.32 Å². The van der Waals surface area contributed by atoms with Crippen molar-refractivity contribution in [3.63, 3.8) is 0 Å². The van der Waals surface area contributed by atoms with Crippen molar-refractivity contribution in [1.29, 1.82) is 0 Å². The molecule has 2 N–H and O–H groups in total. The zero-order chi connectivity index (χ0) is 11.3. The van der Waals surface area contributed by atoms with Crippen LogP contribution in [0.4, 0.5) is 5.69 Å². The summed E-state index contributed by atoms with van der Waals surface area (Å²) in [5.41, 5.74) is 5.85. The van der Waals surface area contributed by atoms with Crippen LogP contribution in [0.2, 0.25) is 0 Å². The molecular weight excluding hydrogens is 206 g/mol. The Balaban J connectivity index is 2.55. The first-order chi connectivity index (χ1) is 7.08. The fourth-order valence-corrected chi connectivity index (χ4v) is 1.21. The van der Waals surface area contributed by atoms with Gasteiger partial charge in [0.1, 0.15) is 0 Å². The lowest BCUT2D eigenvalue weighted by Gasteiger charge is -2.07. The number of benzene rings is 1. The van der Waals surface area contributed by atoms with Crippen molar-refractivity contribution in [2.75, 3.05) is 5.32 Å². The summed E-state index contributed by atoms with van der Waals surface area (Å²) >= 11 is 5.07. The van der Waals surface area contributed by atoms with Gasteiger partial charge >= 0.3 is 0 Å². The summed E-state index contributed by atoms with van der Waals surface area (Å²) in [6, 6.07) is 8.00. The van der Waals surface area contributed by atoms with Crippen LogP contribution in [0.25, 0.3) is 0 Å². The van der Waals surface area contributed by atoms with E-state index in [0.717, 1.165) is 11.4 Å². The maximum atomic E-state index is 5.07. The molecule has 0 amide bonds. The number of hydrogen-bond acceptors (Lipinski definition) is 2. The summed E-state index contributed by atoms with van der Waals surface area (Å²) in [6.45, 7) is 5.85. The predicted octanol–water partition coefficient (Wildman–Crippen LogP) is 2.68. The molecule has 0 saturated heterocycles. The molecular formula is C11H15N3S. The maximum absolute atomic E-state index is 5.07. The molecule has 15 heavy (non-hydrogen) atoms. The highest BCUT2D eigenvalue weighted by molar-refractivity contribution is 7.80. The molecule has 0 heterocycles. The number of hydrazone groups is 1. The van der Waals surface area contributed by atoms with Crippen LogP contribution in [0, 0.1) is 6.92 Å². The van der Waals surface area contributed by atoms with Crippen molar-refractivity contribution in [2.45, 2.75) is 20.8 Å². The van der Waals surface area contributed by atoms with E-state index in [0.29, 0.717) is 5.11 Å². The van der Waals surface area contributed by atoms with Gasteiger partial charge in [-0.2, -0.15) is 5.10 Å². The number of hydrogen-bond donors (Lipinski definition) is 2. The van der Waals surface area contributed by atoms with E-state index in [2.05, 4.69) is 15.8 Å². The Hall–Kier alpha value is -1.42. The topological polar surface area (TPSA) is 36.4 Å².